The molecule has 100 valence electrons. The topological polar surface area (TPSA) is 241 Å². The van der Waals surface area contributed by atoms with Gasteiger partial charge in [0.1, 0.15) is 0 Å². The Morgan fingerprint density at radius 1 is 0.438 bits per heavy atom. The van der Waals surface area contributed by atoms with E-state index in [0.717, 1.165) is 0 Å². The van der Waals surface area contributed by atoms with Crippen molar-refractivity contribution in [2.75, 3.05) is 0 Å². The van der Waals surface area contributed by atoms with Gasteiger partial charge in [-0.25, -0.2) is 0 Å². The summed E-state index contributed by atoms with van der Waals surface area (Å²) >= 11 is -17.2. The molecule has 0 aliphatic carbocycles. The van der Waals surface area contributed by atoms with Gasteiger partial charge in [-0.05, 0) is 0 Å². The molecule has 0 heterocycles. The van der Waals surface area contributed by atoms with Crippen LogP contribution in [0.15, 0.2) is 0 Å². The van der Waals surface area contributed by atoms with E-state index in [2.05, 4.69) is 0 Å². The first kappa shape index (κ1) is 25.9. The monoisotopic (exact) mass is 586 g/mol. The third-order valence-corrected chi connectivity index (χ3v) is 0. The minimum Gasteiger partial charge on any atom is 0 e. The van der Waals surface area contributed by atoms with Gasteiger partial charge in [-0.2, -0.15) is 0 Å². The van der Waals surface area contributed by atoms with Crippen LogP contribution in [0.5, 0.6) is 0 Å². The zero-order chi connectivity index (χ0) is 13.5. The fourth-order valence-electron chi connectivity index (χ4n) is 0. The molecule has 0 spiro atoms. The van der Waals surface area contributed by atoms with Gasteiger partial charge in [0.15, 0.2) is 0 Å². The quantitative estimate of drug-likeness (QED) is 0.257. The van der Waals surface area contributed by atoms with Gasteiger partial charge < -0.3 is 0 Å². The van der Waals surface area contributed by atoms with Crippen LogP contribution in [0.25, 0.3) is 0 Å². The normalized spacial score (nSPS) is 10.9. The van der Waals surface area contributed by atoms with E-state index in [9.17, 15) is 0 Å². The van der Waals surface area contributed by atoms with E-state index < -0.39 is 40.8 Å². The minimum atomic E-state index is -5.75. The van der Waals surface area contributed by atoms with E-state index in [-0.39, 0.29) is 31.1 Å². The van der Waals surface area contributed by atoms with Crippen molar-refractivity contribution in [2.45, 2.75) is 0 Å². The van der Waals surface area contributed by atoms with Crippen LogP contribution in [-0.4, -0.2) is 0 Å². The molecule has 0 rings (SSSR count). The predicted octanol–water partition coefficient (Wildman–Crippen LogP) is -7.85. The van der Waals surface area contributed by atoms with Crippen LogP contribution in [0.3, 0.4) is 0 Å². The minimum absolute atomic E-state index is 0. The molecule has 0 aromatic heterocycles. The van der Waals surface area contributed by atoms with Crippen molar-refractivity contribution in [3.8, 4) is 0 Å². The van der Waals surface area contributed by atoms with Crippen LogP contribution in [0.1, 0.15) is 0 Å². The number of hydrogen-bond donors (Lipinski definition) is 0. The van der Waals surface area contributed by atoms with Gasteiger partial charge in [0.05, 0.1) is 0 Å². The molecule has 0 fully saturated rings. The van der Waals surface area contributed by atoms with Crippen LogP contribution in [0, 0.1) is 31.1 Å². The van der Waals surface area contributed by atoms with E-state index in [1.54, 1.807) is 0 Å². The van der Waals surface area contributed by atoms with Crippen molar-refractivity contribution in [1.82, 2.24) is 0 Å². The predicted molar refractivity (Wildman–Crippen MR) is 4.12 cm³/mol. The molecular weight excluding hydrogens is 586 g/mol. The van der Waals surface area contributed by atoms with Gasteiger partial charge in [0.2, 0.25) is 0 Å². The summed E-state index contributed by atoms with van der Waals surface area (Å²) in [6, 6.07) is 0. The zero-order valence-corrected chi connectivity index (χ0v) is 14.6. The molecule has 0 unspecified atom stereocenters. The van der Waals surface area contributed by atoms with Gasteiger partial charge in [-0.1, -0.05) is 0 Å². The fourth-order valence-corrected chi connectivity index (χ4v) is 0. The first-order valence-corrected chi connectivity index (χ1v) is 8.25. The molecule has 16 heavy (non-hydrogen) atoms. The smallest absolute Gasteiger partial charge is 0 e. The zero-order valence-electron chi connectivity index (χ0n) is 6.62. The Balaban J connectivity index is -0.0000000655. The maximum atomic E-state index is 8.59. The van der Waals surface area contributed by atoms with Gasteiger partial charge in [-0.15, -0.1) is 0 Å². The van der Waals surface area contributed by atoms with E-state index in [1.807, 2.05) is 0 Å². The van der Waals surface area contributed by atoms with E-state index >= 15 is 0 Å². The Hall–Kier alpha value is 1.21. The number of hydrogen-bond acceptors (Lipinski definition) is 12. The molecule has 0 aromatic rings. The summed E-state index contributed by atoms with van der Waals surface area (Å²) in [5.41, 5.74) is 0. The third kappa shape index (κ3) is 2100. The second-order valence-electron chi connectivity index (χ2n) is 1.22. The van der Waals surface area contributed by atoms with Crippen LogP contribution in [0.4, 0.5) is 0 Å². The molecule has 0 aromatic carbocycles. The summed E-state index contributed by atoms with van der Waals surface area (Å²) in [5.74, 6) is 0. The maximum absolute atomic E-state index is 8.59. The van der Waals surface area contributed by atoms with Crippen molar-refractivity contribution in [1.29, 1.82) is 0 Å². The first-order valence-electron chi connectivity index (χ1n) is 2.00. The second kappa shape index (κ2) is 10.2. The third-order valence-electron chi connectivity index (χ3n) is 0. The molecule has 0 N–H and O–H groups in total. The van der Waals surface area contributed by atoms with Crippen LogP contribution >= 0.6 is 0 Å². The molecule has 0 amide bonds. The Morgan fingerprint density at radius 3 is 0.438 bits per heavy atom. The summed E-state index contributed by atoms with van der Waals surface area (Å²) < 4.78 is 103. The second-order valence-corrected chi connectivity index (χ2v) is 5.05. The molecule has 0 bridgehead atoms. The molecule has 0 aliphatic rings. The molecule has 12 nitrogen and oxygen atoms in total. The Kier molecular flexibility index (Phi) is 16.5. The Labute approximate surface area is 118 Å². The average Bonchev–Trinajstić information content (AvgIpc) is 1.41. The van der Waals surface area contributed by atoms with E-state index in [1.165, 1.54) is 0 Å². The average molecular weight is 586 g/mol. The van der Waals surface area contributed by atoms with Gasteiger partial charge in [0.25, 0.3) is 0 Å². The van der Waals surface area contributed by atoms with Crippen molar-refractivity contribution in [3.63, 3.8) is 0 Å². The molecule has 0 saturated carbocycles. The molecule has 0 radical (unpaired) electrons. The molecule has 0 aliphatic heterocycles. The summed E-state index contributed by atoms with van der Waals surface area (Å²) in [6.45, 7) is 0. The van der Waals surface area contributed by atoms with E-state index in [0.29, 0.717) is 0 Å². The Morgan fingerprint density at radius 2 is 0.438 bits per heavy atom. The molecule has 0 atom stereocenters. The summed E-state index contributed by atoms with van der Waals surface area (Å²) in [7, 11) is 0. The molecule has 0 saturated heterocycles. The summed E-state index contributed by atoms with van der Waals surface area (Å²) in [5, 5.41) is 0. The van der Waals surface area contributed by atoms with Crippen LogP contribution in [-0.2, 0) is 63.7 Å². The maximum Gasteiger partial charge on any atom is 0 e. The van der Waals surface area contributed by atoms with Crippen molar-refractivity contribution >= 4 is 0 Å². The van der Waals surface area contributed by atoms with Gasteiger partial charge in [0, 0.05) is 31.1 Å². The summed E-state index contributed by atoms with van der Waals surface area (Å²) in [6.07, 6.45) is 0. The van der Waals surface area contributed by atoms with Crippen molar-refractivity contribution in [2.24, 2.45) is 0 Å². The first-order chi connectivity index (χ1) is 6.00. The SMILES string of the molecule is [O]=[Cr](=[O])([O-])[O-].[O]=[Cr](=[O])([O-])[O-].[O]=[Cr](=[O])([O-])[O-].[U]. The van der Waals surface area contributed by atoms with Crippen LogP contribution < -0.4 is 24.9 Å². The standard InChI is InChI=1S/3Cr.12O.U/q;;;;;;;;;6*-1;. The van der Waals surface area contributed by atoms with Gasteiger partial charge in [-0.3, -0.25) is 0 Å². The van der Waals surface area contributed by atoms with E-state index in [4.69, 9.17) is 47.8 Å². The molecular formula is Cr3O12U-6. The fraction of sp³-hybridized carbons (Fsp3) is 0. The largest absolute Gasteiger partial charge is 0 e. The molecule has 16 heteroatoms. The number of rotatable bonds is 0. The van der Waals surface area contributed by atoms with Crippen molar-refractivity contribution in [3.05, 3.63) is 0 Å². The van der Waals surface area contributed by atoms with Crippen LogP contribution in [0.2, 0.25) is 0 Å². The van der Waals surface area contributed by atoms with Crippen molar-refractivity contribution < 1.29 is 120 Å². The Bertz CT molecular complexity index is 337. The van der Waals surface area contributed by atoms with Gasteiger partial charge >= 0.3 is 88.6 Å². The summed E-state index contributed by atoms with van der Waals surface area (Å²) in [4.78, 5) is 0.